The van der Waals surface area contributed by atoms with Crippen LogP contribution in [0.4, 0.5) is 0 Å². The average Bonchev–Trinajstić information content (AvgIpc) is 2.72. The molecule has 124 valence electrons. The van der Waals surface area contributed by atoms with Crippen molar-refractivity contribution in [3.63, 3.8) is 0 Å². The molecule has 0 bridgehead atoms. The maximum Gasteiger partial charge on any atom is 0.491 e. The van der Waals surface area contributed by atoms with Crippen molar-refractivity contribution in [3.8, 4) is 0 Å². The normalized spacial score (nSPS) is 19.7. The number of methoxy groups -OCH3 is 1. The quantitative estimate of drug-likeness (QED) is 0.521. The number of carbonyl (C=O) groups excluding carboxylic acids is 1. The lowest BCUT2D eigenvalue weighted by atomic mass is 9.78. The summed E-state index contributed by atoms with van der Waals surface area (Å²) in [6, 6.07) is 1.72. The molecule has 0 spiro atoms. The predicted molar refractivity (Wildman–Crippen MR) is 93.5 cm³/mol. The summed E-state index contributed by atoms with van der Waals surface area (Å²) in [6.45, 7) is 8.01. The van der Waals surface area contributed by atoms with Gasteiger partial charge in [-0.2, -0.15) is 12.6 Å². The van der Waals surface area contributed by atoms with Crippen molar-refractivity contribution in [1.29, 1.82) is 0 Å². The van der Waals surface area contributed by atoms with Crippen LogP contribution in [-0.2, 0) is 14.0 Å². The molecule has 0 radical (unpaired) electrons. The van der Waals surface area contributed by atoms with Crippen molar-refractivity contribution in [1.82, 2.24) is 4.98 Å². The summed E-state index contributed by atoms with van der Waals surface area (Å²) in [5, 5.41) is 0. The second-order valence-electron chi connectivity index (χ2n) is 6.46. The first kappa shape index (κ1) is 18.0. The van der Waals surface area contributed by atoms with Gasteiger partial charge in [-0.25, -0.2) is 4.79 Å². The van der Waals surface area contributed by atoms with Crippen LogP contribution in [0.2, 0.25) is 0 Å². The molecular weight excluding hydrogens is 313 g/mol. The van der Waals surface area contributed by atoms with Crippen molar-refractivity contribution in [3.05, 3.63) is 35.1 Å². The van der Waals surface area contributed by atoms with Gasteiger partial charge in [-0.15, -0.1) is 0 Å². The highest BCUT2D eigenvalue weighted by Crippen LogP contribution is 2.39. The van der Waals surface area contributed by atoms with Crippen LogP contribution in [0, 0.1) is 0 Å². The van der Waals surface area contributed by atoms with E-state index in [-0.39, 0.29) is 0 Å². The van der Waals surface area contributed by atoms with E-state index >= 15 is 0 Å². The molecule has 0 saturated carbocycles. The van der Waals surface area contributed by atoms with Crippen LogP contribution in [0.1, 0.15) is 43.6 Å². The minimum Gasteiger partial charge on any atom is -0.465 e. The third kappa shape index (κ3) is 3.79. The van der Waals surface area contributed by atoms with Gasteiger partial charge in [0.1, 0.15) is 0 Å². The van der Waals surface area contributed by atoms with Gasteiger partial charge in [-0.1, -0.05) is 6.08 Å². The minimum absolute atomic E-state index is 0.397. The Hall–Kier alpha value is -1.31. The Balaban J connectivity index is 2.28. The Labute approximate surface area is 143 Å². The zero-order chi connectivity index (χ0) is 17.3. The molecule has 0 aromatic carbocycles. The molecule has 1 fully saturated rings. The van der Waals surface area contributed by atoms with Crippen LogP contribution in [0.3, 0.4) is 0 Å². The number of hydrogen-bond donors (Lipinski definition) is 1. The Morgan fingerprint density at radius 2 is 1.91 bits per heavy atom. The first-order chi connectivity index (χ1) is 10.7. The standard InChI is InChI=1S/C16H22BNO4S/c1-15(2)16(3,4)22-17(21-15)13(10-23)7-11-6-12(9-18-8-11)14(19)20-5/h6-9,23H,10H2,1-5H3. The number of rotatable bonds is 4. The Kier molecular flexibility index (Phi) is 5.23. The molecule has 0 amide bonds. The average molecular weight is 335 g/mol. The third-order valence-corrected chi connectivity index (χ3v) is 4.64. The van der Waals surface area contributed by atoms with E-state index in [1.54, 1.807) is 12.3 Å². The lowest BCUT2D eigenvalue weighted by Crippen LogP contribution is -2.41. The van der Waals surface area contributed by atoms with Crippen molar-refractivity contribution >= 4 is 31.8 Å². The van der Waals surface area contributed by atoms with Crippen LogP contribution in [0.25, 0.3) is 6.08 Å². The molecule has 5 nitrogen and oxygen atoms in total. The van der Waals surface area contributed by atoms with Gasteiger partial charge in [0.15, 0.2) is 0 Å². The summed E-state index contributed by atoms with van der Waals surface area (Å²) in [4.78, 5) is 15.7. The summed E-state index contributed by atoms with van der Waals surface area (Å²) in [5.74, 6) is 0.0510. The highest BCUT2D eigenvalue weighted by atomic mass is 32.1. The fraction of sp³-hybridized carbons (Fsp3) is 0.500. The summed E-state index contributed by atoms with van der Waals surface area (Å²) < 4.78 is 16.8. The van der Waals surface area contributed by atoms with E-state index in [0.29, 0.717) is 11.3 Å². The van der Waals surface area contributed by atoms with E-state index in [0.717, 1.165) is 11.0 Å². The first-order valence-electron chi connectivity index (χ1n) is 7.40. The first-order valence-corrected chi connectivity index (χ1v) is 8.04. The molecular formula is C16H22BNO4S. The summed E-state index contributed by atoms with van der Waals surface area (Å²) in [7, 11) is 0.869. The van der Waals surface area contributed by atoms with Gasteiger partial charge >= 0.3 is 13.1 Å². The van der Waals surface area contributed by atoms with Crippen molar-refractivity contribution < 1.29 is 18.8 Å². The van der Waals surface area contributed by atoms with Gasteiger partial charge in [0, 0.05) is 18.1 Å². The lowest BCUT2D eigenvalue weighted by Gasteiger charge is -2.32. The SMILES string of the molecule is COC(=O)c1cncc(C=C(CS)B2OC(C)(C)C(C)(C)O2)c1. The van der Waals surface area contributed by atoms with Gasteiger partial charge in [0.2, 0.25) is 0 Å². The maximum absolute atomic E-state index is 11.6. The van der Waals surface area contributed by atoms with Crippen molar-refractivity contribution in [2.45, 2.75) is 38.9 Å². The molecule has 0 atom stereocenters. The number of pyridine rings is 1. The van der Waals surface area contributed by atoms with Gasteiger partial charge in [0.05, 0.1) is 23.9 Å². The summed E-state index contributed by atoms with van der Waals surface area (Å²) in [5.41, 5.74) is 1.22. The molecule has 7 heteroatoms. The van der Waals surface area contributed by atoms with Gasteiger partial charge in [-0.3, -0.25) is 4.98 Å². The highest BCUT2D eigenvalue weighted by Gasteiger charge is 2.52. The second kappa shape index (κ2) is 6.67. The minimum atomic E-state index is -0.473. The third-order valence-electron chi connectivity index (χ3n) is 4.27. The molecule has 1 saturated heterocycles. The highest BCUT2D eigenvalue weighted by molar-refractivity contribution is 7.80. The molecule has 23 heavy (non-hydrogen) atoms. The number of carbonyl (C=O) groups is 1. The molecule has 2 heterocycles. The van der Waals surface area contributed by atoms with E-state index in [2.05, 4.69) is 17.6 Å². The zero-order valence-corrected chi connectivity index (χ0v) is 15.0. The van der Waals surface area contributed by atoms with Gasteiger partial charge in [0.25, 0.3) is 0 Å². The number of aromatic nitrogens is 1. The van der Waals surface area contributed by atoms with E-state index in [4.69, 9.17) is 14.0 Å². The molecule has 0 aliphatic carbocycles. The largest absolute Gasteiger partial charge is 0.491 e. The number of hydrogen-bond acceptors (Lipinski definition) is 6. The number of ether oxygens (including phenoxy) is 1. The Morgan fingerprint density at radius 3 is 2.43 bits per heavy atom. The number of nitrogens with zero attached hydrogens (tertiary/aromatic N) is 1. The maximum atomic E-state index is 11.6. The molecule has 0 unspecified atom stereocenters. The van der Waals surface area contributed by atoms with Crippen LogP contribution in [-0.4, -0.2) is 42.1 Å². The predicted octanol–water partition coefficient (Wildman–Crippen LogP) is 2.81. The fourth-order valence-electron chi connectivity index (χ4n) is 2.16. The molecule has 1 aromatic rings. The topological polar surface area (TPSA) is 57.7 Å². The molecule has 1 aromatic heterocycles. The van der Waals surface area contributed by atoms with Crippen LogP contribution in [0.5, 0.6) is 0 Å². The summed E-state index contributed by atoms with van der Waals surface area (Å²) in [6.07, 6.45) is 5.02. The number of thiol groups is 1. The fourth-order valence-corrected chi connectivity index (χ4v) is 2.40. The molecule has 1 aliphatic rings. The van der Waals surface area contributed by atoms with E-state index < -0.39 is 24.3 Å². The summed E-state index contributed by atoms with van der Waals surface area (Å²) >= 11 is 4.38. The Bertz CT molecular complexity index is 614. The van der Waals surface area contributed by atoms with E-state index in [9.17, 15) is 4.79 Å². The van der Waals surface area contributed by atoms with Crippen molar-refractivity contribution in [2.24, 2.45) is 0 Å². The zero-order valence-electron chi connectivity index (χ0n) is 14.1. The van der Waals surface area contributed by atoms with E-state index in [1.807, 2.05) is 33.8 Å². The number of esters is 1. The van der Waals surface area contributed by atoms with E-state index in [1.165, 1.54) is 13.3 Å². The van der Waals surface area contributed by atoms with Crippen LogP contribution < -0.4 is 0 Å². The lowest BCUT2D eigenvalue weighted by molar-refractivity contribution is 0.00578. The smallest absolute Gasteiger partial charge is 0.465 e. The van der Waals surface area contributed by atoms with Crippen LogP contribution in [0.15, 0.2) is 23.9 Å². The van der Waals surface area contributed by atoms with Crippen molar-refractivity contribution in [2.75, 3.05) is 12.9 Å². The monoisotopic (exact) mass is 335 g/mol. The van der Waals surface area contributed by atoms with Crippen LogP contribution >= 0.6 is 12.6 Å². The molecule has 2 rings (SSSR count). The van der Waals surface area contributed by atoms with Gasteiger partial charge < -0.3 is 14.0 Å². The molecule has 0 N–H and O–H groups in total. The Morgan fingerprint density at radius 1 is 1.30 bits per heavy atom. The molecule has 1 aliphatic heterocycles. The van der Waals surface area contributed by atoms with Gasteiger partial charge in [-0.05, 0) is 44.8 Å². The second-order valence-corrected chi connectivity index (χ2v) is 6.78.